The molecule has 1 heterocycles. The van der Waals surface area contributed by atoms with E-state index >= 15 is 0 Å². The average Bonchev–Trinajstić information content (AvgIpc) is 2.48. The molecule has 0 aromatic heterocycles. The van der Waals surface area contributed by atoms with E-state index < -0.39 is 12.1 Å². The molecule has 14 heavy (non-hydrogen) atoms. The molecular weight excluding hydrogens is 319 g/mol. The highest BCUT2D eigenvalue weighted by atomic mass is 79.9. The quantitative estimate of drug-likeness (QED) is 0.741. The van der Waals surface area contributed by atoms with Crippen LogP contribution in [0.15, 0.2) is 20.8 Å². The van der Waals surface area contributed by atoms with E-state index in [1.807, 2.05) is 6.92 Å². The Balaban J connectivity index is 2.84. The van der Waals surface area contributed by atoms with Crippen LogP contribution in [0.3, 0.4) is 0 Å². The number of hydrogen-bond donors (Lipinski definition) is 0. The molecule has 0 aromatic carbocycles. The maximum atomic E-state index is 13.4. The summed E-state index contributed by atoms with van der Waals surface area (Å²) in [4.78, 5) is 11.2. The predicted octanol–water partition coefficient (Wildman–Crippen LogP) is 3.57. The smallest absolute Gasteiger partial charge is 0.342 e. The van der Waals surface area contributed by atoms with E-state index in [0.29, 0.717) is 22.0 Å². The molecule has 0 saturated heterocycles. The number of alkyl halides is 1. The van der Waals surface area contributed by atoms with Crippen molar-refractivity contribution >= 4 is 37.8 Å². The van der Waals surface area contributed by atoms with Gasteiger partial charge in [-0.2, -0.15) is 0 Å². The van der Waals surface area contributed by atoms with Gasteiger partial charge in [-0.05, 0) is 44.4 Å². The van der Waals surface area contributed by atoms with Gasteiger partial charge in [-0.3, -0.25) is 0 Å². The molecule has 0 amide bonds. The fraction of sp³-hybridized carbons (Fsp3) is 0.444. The standard InChI is InChI=1S/C9H9Br2FO2/c1-2-3-6(12)5-4-7(8(10)11)14-9(5)13/h4,6H,2-3H2,1H3. The van der Waals surface area contributed by atoms with Gasteiger partial charge in [0.25, 0.3) is 0 Å². The summed E-state index contributed by atoms with van der Waals surface area (Å²) in [6.07, 6.45) is 1.22. The summed E-state index contributed by atoms with van der Waals surface area (Å²) in [7, 11) is 0. The van der Waals surface area contributed by atoms with Crippen LogP contribution in [0.4, 0.5) is 4.39 Å². The maximum Gasteiger partial charge on any atom is 0.342 e. The number of carbonyl (C=O) groups is 1. The molecule has 0 saturated carbocycles. The van der Waals surface area contributed by atoms with Crippen LogP contribution in [0, 0.1) is 0 Å². The SMILES string of the molecule is CCCC(F)C1=CC(=C(Br)Br)OC1=O. The van der Waals surface area contributed by atoms with Crippen molar-refractivity contribution in [3.63, 3.8) is 0 Å². The summed E-state index contributed by atoms with van der Waals surface area (Å²) in [6.45, 7) is 1.87. The molecule has 1 unspecified atom stereocenters. The lowest BCUT2D eigenvalue weighted by molar-refractivity contribution is -0.133. The molecule has 1 rings (SSSR count). The van der Waals surface area contributed by atoms with Crippen LogP contribution in [0.2, 0.25) is 0 Å². The minimum Gasteiger partial charge on any atom is -0.421 e. The Bertz CT molecular complexity index is 306. The topological polar surface area (TPSA) is 26.3 Å². The van der Waals surface area contributed by atoms with Crippen molar-refractivity contribution in [2.24, 2.45) is 0 Å². The van der Waals surface area contributed by atoms with Gasteiger partial charge >= 0.3 is 5.97 Å². The molecular formula is C9H9Br2FO2. The first kappa shape index (κ1) is 11.9. The molecule has 5 heteroatoms. The minimum absolute atomic E-state index is 0.0956. The first-order valence-electron chi connectivity index (χ1n) is 4.19. The Hall–Kier alpha value is -0.160. The molecule has 0 aromatic rings. The van der Waals surface area contributed by atoms with E-state index in [1.165, 1.54) is 6.08 Å². The van der Waals surface area contributed by atoms with E-state index in [2.05, 4.69) is 31.9 Å². The summed E-state index contributed by atoms with van der Waals surface area (Å²) >= 11 is 6.19. The first-order chi connectivity index (χ1) is 6.56. The summed E-state index contributed by atoms with van der Waals surface area (Å²) in [5.41, 5.74) is 0.0956. The molecule has 1 atom stereocenters. The fourth-order valence-corrected chi connectivity index (χ4v) is 1.50. The van der Waals surface area contributed by atoms with Crippen LogP contribution in [-0.4, -0.2) is 12.1 Å². The van der Waals surface area contributed by atoms with Crippen LogP contribution in [0.25, 0.3) is 0 Å². The van der Waals surface area contributed by atoms with Crippen LogP contribution < -0.4 is 0 Å². The Morgan fingerprint density at radius 3 is 2.71 bits per heavy atom. The zero-order chi connectivity index (χ0) is 10.7. The summed E-state index contributed by atoms with van der Waals surface area (Å²) < 4.78 is 18.7. The van der Waals surface area contributed by atoms with Gasteiger partial charge in [0.1, 0.15) is 9.56 Å². The molecule has 0 fully saturated rings. The van der Waals surface area contributed by atoms with Crippen molar-refractivity contribution in [3.8, 4) is 0 Å². The highest BCUT2D eigenvalue weighted by Gasteiger charge is 2.28. The van der Waals surface area contributed by atoms with Gasteiger partial charge in [0.15, 0.2) is 5.76 Å². The Labute approximate surface area is 98.4 Å². The van der Waals surface area contributed by atoms with Crippen LogP contribution in [0.5, 0.6) is 0 Å². The molecule has 2 nitrogen and oxygen atoms in total. The van der Waals surface area contributed by atoms with Gasteiger partial charge in [0, 0.05) is 0 Å². The number of halogens is 3. The molecule has 78 valence electrons. The minimum atomic E-state index is -1.23. The van der Waals surface area contributed by atoms with Crippen molar-refractivity contribution in [1.82, 2.24) is 0 Å². The average molecular weight is 328 g/mol. The number of carbonyl (C=O) groups excluding carboxylic acids is 1. The predicted molar refractivity (Wildman–Crippen MR) is 58.9 cm³/mol. The number of rotatable bonds is 3. The summed E-state index contributed by atoms with van der Waals surface area (Å²) in [6, 6.07) is 0. The number of ether oxygens (including phenoxy) is 1. The second-order valence-electron chi connectivity index (χ2n) is 2.87. The van der Waals surface area contributed by atoms with Crippen molar-refractivity contribution in [2.45, 2.75) is 25.9 Å². The molecule has 0 spiro atoms. The third-order valence-corrected chi connectivity index (χ3v) is 2.57. The molecule has 0 radical (unpaired) electrons. The number of cyclic esters (lactones) is 1. The number of hydrogen-bond acceptors (Lipinski definition) is 2. The lowest BCUT2D eigenvalue weighted by Gasteiger charge is -2.03. The third-order valence-electron chi connectivity index (χ3n) is 1.79. The van der Waals surface area contributed by atoms with Gasteiger partial charge in [0.2, 0.25) is 0 Å². The monoisotopic (exact) mass is 326 g/mol. The zero-order valence-corrected chi connectivity index (χ0v) is 10.7. The van der Waals surface area contributed by atoms with Gasteiger partial charge in [-0.1, -0.05) is 13.3 Å². The molecule has 0 bridgehead atoms. The van der Waals surface area contributed by atoms with Crippen molar-refractivity contribution < 1.29 is 13.9 Å². The fourth-order valence-electron chi connectivity index (χ4n) is 1.11. The van der Waals surface area contributed by atoms with Gasteiger partial charge in [-0.25, -0.2) is 9.18 Å². The molecule has 1 aliphatic rings. The van der Waals surface area contributed by atoms with E-state index in [0.717, 1.165) is 0 Å². The largest absolute Gasteiger partial charge is 0.421 e. The van der Waals surface area contributed by atoms with Crippen LogP contribution >= 0.6 is 31.9 Å². The third kappa shape index (κ3) is 2.67. The molecule has 1 aliphatic heterocycles. The van der Waals surface area contributed by atoms with E-state index in [-0.39, 0.29) is 5.57 Å². The normalized spacial score (nSPS) is 17.9. The van der Waals surface area contributed by atoms with Crippen molar-refractivity contribution in [2.75, 3.05) is 0 Å². The van der Waals surface area contributed by atoms with Crippen LogP contribution in [-0.2, 0) is 9.53 Å². The maximum absolute atomic E-state index is 13.4. The summed E-state index contributed by atoms with van der Waals surface area (Å²) in [5.74, 6) is -0.277. The second-order valence-corrected chi connectivity index (χ2v) is 5.52. The Morgan fingerprint density at radius 2 is 2.29 bits per heavy atom. The summed E-state index contributed by atoms with van der Waals surface area (Å²) in [5, 5.41) is 0. The first-order valence-corrected chi connectivity index (χ1v) is 5.78. The Kier molecular flexibility index (Phi) is 4.31. The van der Waals surface area contributed by atoms with Gasteiger partial charge in [-0.15, -0.1) is 0 Å². The lowest BCUT2D eigenvalue weighted by atomic mass is 10.1. The van der Waals surface area contributed by atoms with E-state index in [9.17, 15) is 9.18 Å². The van der Waals surface area contributed by atoms with E-state index in [1.54, 1.807) is 0 Å². The van der Waals surface area contributed by atoms with Crippen molar-refractivity contribution in [1.29, 1.82) is 0 Å². The highest BCUT2D eigenvalue weighted by molar-refractivity contribution is 9.28. The number of allylic oxidation sites excluding steroid dienone is 1. The Morgan fingerprint density at radius 1 is 1.64 bits per heavy atom. The van der Waals surface area contributed by atoms with Crippen molar-refractivity contribution in [3.05, 3.63) is 20.8 Å². The molecule has 0 N–H and O–H groups in total. The van der Waals surface area contributed by atoms with Gasteiger partial charge in [0.05, 0.1) is 5.57 Å². The lowest BCUT2D eigenvalue weighted by Crippen LogP contribution is -2.11. The highest BCUT2D eigenvalue weighted by Crippen LogP contribution is 2.30. The van der Waals surface area contributed by atoms with E-state index in [4.69, 9.17) is 4.74 Å². The second kappa shape index (κ2) is 5.07. The van der Waals surface area contributed by atoms with Gasteiger partial charge < -0.3 is 4.74 Å². The molecule has 0 aliphatic carbocycles. The zero-order valence-electron chi connectivity index (χ0n) is 7.52. The van der Waals surface area contributed by atoms with Crippen LogP contribution in [0.1, 0.15) is 19.8 Å². The number of esters is 1.